The molecule has 0 atom stereocenters. The molecule has 100 valence electrons. The van der Waals surface area contributed by atoms with E-state index in [2.05, 4.69) is 15.5 Å². The van der Waals surface area contributed by atoms with Crippen molar-refractivity contribution in [3.63, 3.8) is 0 Å². The number of halogens is 1. The highest BCUT2D eigenvalue weighted by molar-refractivity contribution is 7.99. The number of hydrogen-bond donors (Lipinski definition) is 1. The molecule has 0 unspecified atom stereocenters. The number of tetrazole rings is 1. The van der Waals surface area contributed by atoms with Crippen LogP contribution in [0.1, 0.15) is 5.56 Å². The molecule has 0 aliphatic rings. The van der Waals surface area contributed by atoms with E-state index < -0.39 is 5.97 Å². The third kappa shape index (κ3) is 4.02. The molecule has 0 bridgehead atoms. The fourth-order valence-electron chi connectivity index (χ4n) is 1.45. The molecule has 0 aliphatic carbocycles. The summed E-state index contributed by atoms with van der Waals surface area (Å²) in [6, 6.07) is 6.19. The first-order chi connectivity index (χ1) is 9.15. The Morgan fingerprint density at radius 3 is 2.79 bits per heavy atom. The van der Waals surface area contributed by atoms with E-state index in [0.717, 1.165) is 17.3 Å². The van der Waals surface area contributed by atoms with Crippen molar-refractivity contribution in [3.8, 4) is 0 Å². The Hall–Kier alpha value is -1.96. The smallest absolute Gasteiger partial charge is 0.313 e. The van der Waals surface area contributed by atoms with Crippen LogP contribution in [0, 0.1) is 5.82 Å². The molecule has 19 heavy (non-hydrogen) atoms. The highest BCUT2D eigenvalue weighted by Crippen LogP contribution is 2.14. The van der Waals surface area contributed by atoms with Crippen LogP contribution in [0.15, 0.2) is 29.4 Å². The minimum Gasteiger partial charge on any atom is -0.481 e. The van der Waals surface area contributed by atoms with E-state index in [9.17, 15) is 9.18 Å². The van der Waals surface area contributed by atoms with Crippen molar-refractivity contribution in [2.45, 2.75) is 18.1 Å². The number of aliphatic carboxylic acids is 1. The largest absolute Gasteiger partial charge is 0.481 e. The van der Waals surface area contributed by atoms with Crippen LogP contribution in [0.5, 0.6) is 0 Å². The average molecular weight is 282 g/mol. The van der Waals surface area contributed by atoms with Crippen LogP contribution in [0.25, 0.3) is 0 Å². The minimum absolute atomic E-state index is 0.0864. The highest BCUT2D eigenvalue weighted by Gasteiger charge is 2.09. The quantitative estimate of drug-likeness (QED) is 0.803. The number of aryl methyl sites for hydroxylation is 2. The third-order valence-corrected chi connectivity index (χ3v) is 3.29. The van der Waals surface area contributed by atoms with Crippen molar-refractivity contribution in [3.05, 3.63) is 35.6 Å². The molecule has 0 aliphatic heterocycles. The van der Waals surface area contributed by atoms with Crippen LogP contribution >= 0.6 is 11.8 Å². The lowest BCUT2D eigenvalue weighted by Gasteiger charge is -2.03. The van der Waals surface area contributed by atoms with Crippen LogP contribution < -0.4 is 0 Å². The van der Waals surface area contributed by atoms with E-state index in [1.165, 1.54) is 16.8 Å². The number of rotatable bonds is 6. The Bertz CT molecular complexity index is 558. The number of thioether (sulfide) groups is 1. The molecule has 2 aromatic rings. The Labute approximate surface area is 112 Å². The summed E-state index contributed by atoms with van der Waals surface area (Å²) in [6.45, 7) is 0.514. The van der Waals surface area contributed by atoms with Crippen molar-refractivity contribution in [1.29, 1.82) is 0 Å². The zero-order valence-corrected chi connectivity index (χ0v) is 10.7. The Morgan fingerprint density at radius 2 is 2.11 bits per heavy atom. The molecule has 0 saturated heterocycles. The van der Waals surface area contributed by atoms with Crippen molar-refractivity contribution >= 4 is 17.7 Å². The summed E-state index contributed by atoms with van der Waals surface area (Å²) in [7, 11) is 0. The van der Waals surface area contributed by atoms with Gasteiger partial charge in [-0.3, -0.25) is 4.79 Å². The van der Waals surface area contributed by atoms with Gasteiger partial charge >= 0.3 is 5.97 Å². The van der Waals surface area contributed by atoms with E-state index in [1.807, 2.05) is 0 Å². The topological polar surface area (TPSA) is 80.9 Å². The number of carboxylic acids is 1. The molecule has 8 heteroatoms. The molecule has 0 saturated carbocycles. The van der Waals surface area contributed by atoms with Crippen LogP contribution in [-0.2, 0) is 17.8 Å². The number of carbonyl (C=O) groups is 1. The lowest BCUT2D eigenvalue weighted by molar-refractivity contribution is -0.133. The standard InChI is InChI=1S/C11H11FN4O2S/c12-9-3-1-8(2-4-9)5-6-16-11(13-14-15-16)19-7-10(17)18/h1-4H,5-7H2,(H,17,18). The fraction of sp³-hybridized carbons (Fsp3) is 0.273. The average Bonchev–Trinajstić information content (AvgIpc) is 2.83. The second-order valence-corrected chi connectivity index (χ2v) is 4.69. The predicted octanol–water partition coefficient (Wildman–Crippen LogP) is 1.23. The van der Waals surface area contributed by atoms with Crippen LogP contribution in [0.4, 0.5) is 4.39 Å². The molecule has 0 radical (unpaired) electrons. The zero-order valence-electron chi connectivity index (χ0n) is 9.86. The van der Waals surface area contributed by atoms with Gasteiger partial charge in [-0.2, -0.15) is 0 Å². The van der Waals surface area contributed by atoms with Gasteiger partial charge in [-0.15, -0.1) is 5.10 Å². The number of benzene rings is 1. The number of carboxylic acid groups (broad SMARTS) is 1. The van der Waals surface area contributed by atoms with Gasteiger partial charge in [0.05, 0.1) is 5.75 Å². The number of aromatic nitrogens is 4. The summed E-state index contributed by atoms with van der Waals surface area (Å²) in [5.74, 6) is -1.28. The molecule has 0 fully saturated rings. The zero-order chi connectivity index (χ0) is 13.7. The number of hydrogen-bond acceptors (Lipinski definition) is 5. The second-order valence-electron chi connectivity index (χ2n) is 3.74. The van der Waals surface area contributed by atoms with Gasteiger partial charge in [-0.1, -0.05) is 23.9 Å². The first kappa shape index (κ1) is 13.5. The molecule has 6 nitrogen and oxygen atoms in total. The van der Waals surface area contributed by atoms with Gasteiger partial charge in [-0.25, -0.2) is 9.07 Å². The molecule has 0 amide bonds. The van der Waals surface area contributed by atoms with Gasteiger partial charge in [0.15, 0.2) is 0 Å². The van der Waals surface area contributed by atoms with Gasteiger partial charge in [0.25, 0.3) is 0 Å². The first-order valence-corrected chi connectivity index (χ1v) is 6.49. The summed E-state index contributed by atoms with van der Waals surface area (Å²) in [4.78, 5) is 10.5. The molecule has 1 aromatic heterocycles. The maximum atomic E-state index is 12.7. The molecule has 0 spiro atoms. The molecular weight excluding hydrogens is 271 g/mol. The van der Waals surface area contributed by atoms with E-state index in [4.69, 9.17) is 5.11 Å². The normalized spacial score (nSPS) is 10.6. The molecule has 1 N–H and O–H groups in total. The van der Waals surface area contributed by atoms with E-state index in [1.54, 1.807) is 12.1 Å². The van der Waals surface area contributed by atoms with Crippen LogP contribution in [0.2, 0.25) is 0 Å². The van der Waals surface area contributed by atoms with Crippen molar-refractivity contribution in [2.75, 3.05) is 5.75 Å². The molecule has 1 heterocycles. The van der Waals surface area contributed by atoms with Gasteiger partial charge < -0.3 is 5.11 Å². The summed E-state index contributed by atoms with van der Waals surface area (Å²) >= 11 is 1.07. The van der Waals surface area contributed by atoms with Crippen LogP contribution in [0.3, 0.4) is 0 Å². The Balaban J connectivity index is 1.94. The Morgan fingerprint density at radius 1 is 1.37 bits per heavy atom. The van der Waals surface area contributed by atoms with Gasteiger partial charge in [0.2, 0.25) is 5.16 Å². The lowest BCUT2D eigenvalue weighted by atomic mass is 10.1. The molecular formula is C11H11FN4O2S. The first-order valence-electron chi connectivity index (χ1n) is 5.50. The number of nitrogens with zero attached hydrogens (tertiary/aromatic N) is 4. The summed E-state index contributed by atoms with van der Waals surface area (Å²) in [5.41, 5.74) is 0.964. The fourth-order valence-corrected chi connectivity index (χ4v) is 2.08. The lowest BCUT2D eigenvalue weighted by Crippen LogP contribution is -2.07. The Kier molecular flexibility index (Phi) is 4.45. The monoisotopic (exact) mass is 282 g/mol. The second kappa shape index (κ2) is 6.28. The van der Waals surface area contributed by atoms with Crippen molar-refractivity contribution < 1.29 is 14.3 Å². The minimum atomic E-state index is -0.918. The SMILES string of the molecule is O=C(O)CSc1nnnn1CCc1ccc(F)cc1. The third-order valence-electron chi connectivity index (χ3n) is 2.35. The van der Waals surface area contributed by atoms with Crippen molar-refractivity contribution in [1.82, 2.24) is 20.2 Å². The predicted molar refractivity (Wildman–Crippen MR) is 66.3 cm³/mol. The molecule has 1 aromatic carbocycles. The van der Waals surface area contributed by atoms with Gasteiger partial charge in [-0.05, 0) is 34.5 Å². The maximum Gasteiger partial charge on any atom is 0.313 e. The van der Waals surface area contributed by atoms with Gasteiger partial charge in [0.1, 0.15) is 5.82 Å². The highest BCUT2D eigenvalue weighted by atomic mass is 32.2. The molecule has 2 rings (SSSR count). The van der Waals surface area contributed by atoms with E-state index >= 15 is 0 Å². The van der Waals surface area contributed by atoms with E-state index in [-0.39, 0.29) is 11.6 Å². The maximum absolute atomic E-state index is 12.7. The summed E-state index contributed by atoms with van der Waals surface area (Å²) < 4.78 is 14.3. The van der Waals surface area contributed by atoms with Crippen molar-refractivity contribution in [2.24, 2.45) is 0 Å². The van der Waals surface area contributed by atoms with Gasteiger partial charge in [0, 0.05) is 6.54 Å². The van der Waals surface area contributed by atoms with Crippen LogP contribution in [-0.4, -0.2) is 37.0 Å². The summed E-state index contributed by atoms with van der Waals surface area (Å²) in [6.07, 6.45) is 0.645. The van der Waals surface area contributed by atoms with E-state index in [0.29, 0.717) is 18.1 Å². The summed E-state index contributed by atoms with van der Waals surface area (Å²) in [5, 5.41) is 20.1.